The maximum absolute atomic E-state index is 13.2. The van der Waals surface area contributed by atoms with Crippen LogP contribution in [0, 0.1) is 23.7 Å². The molecule has 1 saturated carbocycles. The van der Waals surface area contributed by atoms with Crippen molar-refractivity contribution in [3.05, 3.63) is 11.6 Å². The van der Waals surface area contributed by atoms with Crippen LogP contribution >= 0.6 is 0 Å². The fourth-order valence-corrected chi connectivity index (χ4v) is 6.13. The molecule has 0 bridgehead atoms. The molecule has 10 nitrogen and oxygen atoms in total. The molecule has 0 spiro atoms. The summed E-state index contributed by atoms with van der Waals surface area (Å²) < 4.78 is 28.9. The fraction of sp³-hybridized carbons (Fsp3) is 0.731. The molecule has 0 amide bonds. The summed E-state index contributed by atoms with van der Waals surface area (Å²) in [7, 11) is 0. The highest BCUT2D eigenvalue weighted by Crippen LogP contribution is 2.56. The van der Waals surface area contributed by atoms with Crippen LogP contribution in [0.5, 0.6) is 0 Å². The van der Waals surface area contributed by atoms with Crippen LogP contribution in [0.15, 0.2) is 11.6 Å². The van der Waals surface area contributed by atoms with Crippen molar-refractivity contribution < 1.29 is 47.7 Å². The molecular weight excluding hydrogens is 472 g/mol. The molecule has 10 heteroatoms. The number of rotatable bonds is 6. The van der Waals surface area contributed by atoms with Gasteiger partial charge in [0.05, 0.1) is 11.8 Å². The smallest absolute Gasteiger partial charge is 0.351 e. The van der Waals surface area contributed by atoms with Crippen LogP contribution in [0.3, 0.4) is 0 Å². The van der Waals surface area contributed by atoms with Crippen molar-refractivity contribution in [1.29, 1.82) is 0 Å². The van der Waals surface area contributed by atoms with Crippen LogP contribution in [-0.4, -0.2) is 59.4 Å². The second-order valence-electron chi connectivity index (χ2n) is 10.5. The highest BCUT2D eigenvalue weighted by molar-refractivity contribution is 5.85. The molecule has 1 aliphatic heterocycles. The second kappa shape index (κ2) is 9.86. The van der Waals surface area contributed by atoms with E-state index in [9.17, 15) is 24.0 Å². The zero-order valence-electron chi connectivity index (χ0n) is 22.1. The minimum Gasteiger partial charge on any atom is -0.461 e. The molecule has 0 aromatic rings. The first-order valence-corrected chi connectivity index (χ1v) is 12.3. The lowest BCUT2D eigenvalue weighted by atomic mass is 9.74. The van der Waals surface area contributed by atoms with Crippen molar-refractivity contribution in [1.82, 2.24) is 0 Å². The van der Waals surface area contributed by atoms with Crippen molar-refractivity contribution in [3.8, 4) is 0 Å². The summed E-state index contributed by atoms with van der Waals surface area (Å²) in [5.41, 5.74) is -2.27. The lowest BCUT2D eigenvalue weighted by Gasteiger charge is -2.40. The zero-order valence-corrected chi connectivity index (χ0v) is 22.1. The average molecular weight is 509 g/mol. The Kier molecular flexibility index (Phi) is 7.58. The second-order valence-corrected chi connectivity index (χ2v) is 10.5. The highest BCUT2D eigenvalue weighted by atomic mass is 16.6. The van der Waals surface area contributed by atoms with Gasteiger partial charge in [0.1, 0.15) is 23.9 Å². The maximum atomic E-state index is 13.2. The predicted molar refractivity (Wildman–Crippen MR) is 124 cm³/mol. The maximum Gasteiger partial charge on any atom is 0.351 e. The molecule has 9 atom stereocenters. The molecule has 0 aromatic heterocycles. The molecule has 3 rings (SSSR count). The summed E-state index contributed by atoms with van der Waals surface area (Å²) in [6.07, 6.45) is -0.413. The Bertz CT molecular complexity index is 985. The van der Waals surface area contributed by atoms with Crippen molar-refractivity contribution in [3.63, 3.8) is 0 Å². The Labute approximate surface area is 211 Å². The Morgan fingerprint density at radius 1 is 1.03 bits per heavy atom. The number of esters is 5. The van der Waals surface area contributed by atoms with Crippen molar-refractivity contribution in [2.24, 2.45) is 23.7 Å². The molecule has 0 unspecified atom stereocenters. The van der Waals surface area contributed by atoms with Gasteiger partial charge < -0.3 is 23.7 Å². The number of hydrogen-bond acceptors (Lipinski definition) is 10. The van der Waals surface area contributed by atoms with Gasteiger partial charge in [-0.3, -0.25) is 19.2 Å². The van der Waals surface area contributed by atoms with Gasteiger partial charge in [-0.15, -0.1) is 0 Å². The molecule has 0 aromatic carbocycles. The number of carbonyl (C=O) groups excluding carboxylic acids is 5. The van der Waals surface area contributed by atoms with Crippen LogP contribution in [0.2, 0.25) is 0 Å². The molecule has 3 aliphatic rings. The first-order valence-electron chi connectivity index (χ1n) is 12.3. The van der Waals surface area contributed by atoms with Gasteiger partial charge in [-0.2, -0.15) is 0 Å². The molecule has 0 radical (unpaired) electrons. The van der Waals surface area contributed by atoms with Crippen LogP contribution in [-0.2, 0) is 47.7 Å². The van der Waals surface area contributed by atoms with E-state index in [1.807, 2.05) is 13.8 Å². The standard InChI is InChI=1S/C26H36O10/c1-9-12(2)23(30)33-18-11-25(7,35-15(5)28)20-17(32-14(4)27)10-13(3)19(20)22-21(18)26(8,24(31)34-22)36-16(6)29/h10,12,17-22H,9,11H2,1-8H3/t12-,17-,18+,19-,20+,21-,22+,25+,26+/m1/s1. The highest BCUT2D eigenvalue weighted by Gasteiger charge is 2.69. The normalized spacial score (nSPS) is 37.9. The minimum atomic E-state index is -1.75. The Morgan fingerprint density at radius 3 is 2.17 bits per heavy atom. The molecule has 36 heavy (non-hydrogen) atoms. The van der Waals surface area contributed by atoms with E-state index in [0.717, 1.165) is 5.57 Å². The van der Waals surface area contributed by atoms with E-state index in [2.05, 4.69) is 0 Å². The number of carbonyl (C=O) groups is 5. The summed E-state index contributed by atoms with van der Waals surface area (Å²) in [5.74, 6) is -5.56. The molecule has 1 heterocycles. The summed E-state index contributed by atoms with van der Waals surface area (Å²) in [6, 6.07) is 0. The van der Waals surface area contributed by atoms with Crippen LogP contribution in [0.1, 0.15) is 68.2 Å². The van der Waals surface area contributed by atoms with Gasteiger partial charge >= 0.3 is 29.8 Å². The Balaban J connectivity index is 2.21. The van der Waals surface area contributed by atoms with Crippen LogP contribution in [0.4, 0.5) is 0 Å². The zero-order chi connectivity index (χ0) is 27.2. The third-order valence-electron chi connectivity index (χ3n) is 7.72. The van der Waals surface area contributed by atoms with Gasteiger partial charge in [-0.05, 0) is 33.3 Å². The van der Waals surface area contributed by atoms with E-state index < -0.39 is 83.0 Å². The lowest BCUT2D eigenvalue weighted by molar-refractivity contribution is -0.187. The number of ether oxygens (including phenoxy) is 5. The average Bonchev–Trinajstić information content (AvgIpc) is 3.14. The quantitative estimate of drug-likeness (QED) is 0.300. The number of fused-ring (bicyclic) bond motifs is 3. The van der Waals surface area contributed by atoms with Crippen molar-refractivity contribution in [2.75, 3.05) is 0 Å². The minimum absolute atomic E-state index is 0.0243. The third kappa shape index (κ3) is 4.86. The van der Waals surface area contributed by atoms with Gasteiger partial charge in [0.15, 0.2) is 0 Å². The monoisotopic (exact) mass is 508 g/mol. The van der Waals surface area contributed by atoms with E-state index in [1.54, 1.807) is 19.9 Å². The van der Waals surface area contributed by atoms with Crippen LogP contribution in [0.25, 0.3) is 0 Å². The van der Waals surface area contributed by atoms with Gasteiger partial charge in [-0.1, -0.05) is 19.4 Å². The Morgan fingerprint density at radius 2 is 1.64 bits per heavy atom. The van der Waals surface area contributed by atoms with Crippen molar-refractivity contribution >= 4 is 29.8 Å². The first-order chi connectivity index (χ1) is 16.6. The van der Waals surface area contributed by atoms with E-state index in [1.165, 1.54) is 27.7 Å². The number of hydrogen-bond donors (Lipinski definition) is 0. The predicted octanol–water partition coefficient (Wildman–Crippen LogP) is 2.66. The van der Waals surface area contributed by atoms with Gasteiger partial charge in [0.2, 0.25) is 5.60 Å². The fourth-order valence-electron chi connectivity index (χ4n) is 6.13. The van der Waals surface area contributed by atoms with Crippen LogP contribution < -0.4 is 0 Å². The van der Waals surface area contributed by atoms with Gasteiger partial charge in [-0.25, -0.2) is 4.79 Å². The lowest BCUT2D eigenvalue weighted by Crippen LogP contribution is -2.51. The van der Waals surface area contributed by atoms with Gasteiger partial charge in [0, 0.05) is 39.0 Å². The van der Waals surface area contributed by atoms with E-state index >= 15 is 0 Å². The molecule has 2 aliphatic carbocycles. The molecule has 200 valence electrons. The summed E-state index contributed by atoms with van der Waals surface area (Å²) in [4.78, 5) is 62.4. The molecular formula is C26H36O10. The third-order valence-corrected chi connectivity index (χ3v) is 7.72. The van der Waals surface area contributed by atoms with Crippen molar-refractivity contribution in [2.45, 2.75) is 97.7 Å². The topological polar surface area (TPSA) is 132 Å². The van der Waals surface area contributed by atoms with E-state index in [0.29, 0.717) is 6.42 Å². The molecule has 1 saturated heterocycles. The van der Waals surface area contributed by atoms with E-state index in [-0.39, 0.29) is 6.42 Å². The largest absolute Gasteiger partial charge is 0.461 e. The molecule has 2 fully saturated rings. The molecule has 0 N–H and O–H groups in total. The summed E-state index contributed by atoms with van der Waals surface area (Å²) >= 11 is 0. The SMILES string of the molecule is CC[C@@H](C)C(=O)O[C@H]1C[C@](C)(OC(C)=O)[C@@H]2[C@@H](C(C)=C[C@H]2OC(C)=O)[C@@H]2OC(=O)[C@@](C)(OC(C)=O)[C@@H]21. The van der Waals surface area contributed by atoms with Gasteiger partial charge in [0.25, 0.3) is 0 Å². The first kappa shape index (κ1) is 27.7. The summed E-state index contributed by atoms with van der Waals surface area (Å²) in [5, 5.41) is 0. The van der Waals surface area contributed by atoms with E-state index in [4.69, 9.17) is 23.7 Å². The summed E-state index contributed by atoms with van der Waals surface area (Å²) in [6.45, 7) is 12.3. The Hall–Kier alpha value is -2.91.